The lowest BCUT2D eigenvalue weighted by molar-refractivity contribution is 0.506. The summed E-state index contributed by atoms with van der Waals surface area (Å²) in [7, 11) is 0. The first-order valence-corrected chi connectivity index (χ1v) is 5.60. The maximum atomic E-state index is 12.9. The van der Waals surface area contributed by atoms with Crippen LogP contribution in [0.3, 0.4) is 0 Å². The molecule has 1 aromatic heterocycles. The van der Waals surface area contributed by atoms with Gasteiger partial charge in [0.15, 0.2) is 11.6 Å². The molecule has 5 heteroatoms. The van der Waals surface area contributed by atoms with Crippen LogP contribution < -0.4 is 0 Å². The van der Waals surface area contributed by atoms with Crippen LogP contribution in [0.15, 0.2) is 46.3 Å². The van der Waals surface area contributed by atoms with Gasteiger partial charge in [0, 0.05) is 4.90 Å². The Morgan fingerprint density at radius 2 is 1.88 bits per heavy atom. The highest BCUT2D eigenvalue weighted by atomic mass is 35.5. The zero-order chi connectivity index (χ0) is 11.5. The topological polar surface area (TPSA) is 12.9 Å². The van der Waals surface area contributed by atoms with Crippen molar-refractivity contribution >= 4 is 23.4 Å². The highest BCUT2D eigenvalue weighted by Crippen LogP contribution is 2.27. The number of benzene rings is 1. The van der Waals surface area contributed by atoms with Crippen LogP contribution in [0.5, 0.6) is 0 Å². The largest absolute Gasteiger partial charge is 0.229 e. The molecule has 82 valence electrons. The second-order valence-electron chi connectivity index (χ2n) is 2.98. The number of rotatable bonds is 2. The summed E-state index contributed by atoms with van der Waals surface area (Å²) in [5.41, 5.74) is 0. The molecule has 1 heterocycles. The molecule has 0 aliphatic heterocycles. The Balaban J connectivity index is 2.24. The van der Waals surface area contributed by atoms with E-state index in [0.29, 0.717) is 15.1 Å². The molecule has 0 saturated carbocycles. The fourth-order valence-corrected chi connectivity index (χ4v) is 2.15. The minimum atomic E-state index is -0.868. The fraction of sp³-hybridized carbons (Fsp3) is 0. The molecule has 1 nitrogen and oxygen atoms in total. The summed E-state index contributed by atoms with van der Waals surface area (Å²) < 4.78 is 25.6. The quantitative estimate of drug-likeness (QED) is 0.749. The van der Waals surface area contributed by atoms with Gasteiger partial charge in [-0.15, -0.1) is 0 Å². The number of pyridine rings is 1. The van der Waals surface area contributed by atoms with Gasteiger partial charge in [-0.05, 0) is 30.3 Å². The molecule has 0 aliphatic rings. The second-order valence-corrected chi connectivity index (χ2v) is 4.46. The second kappa shape index (κ2) is 4.80. The highest BCUT2D eigenvalue weighted by Gasteiger charge is 2.04. The smallest absolute Gasteiger partial charge is 0.159 e. The Kier molecular flexibility index (Phi) is 3.41. The van der Waals surface area contributed by atoms with Crippen molar-refractivity contribution in [1.82, 2.24) is 4.98 Å². The van der Waals surface area contributed by atoms with Crippen molar-refractivity contribution in [2.24, 2.45) is 0 Å². The molecule has 0 spiro atoms. The van der Waals surface area contributed by atoms with E-state index in [1.54, 1.807) is 18.2 Å². The molecule has 0 amide bonds. The Bertz CT molecular complexity index is 519. The van der Waals surface area contributed by atoms with E-state index in [1.165, 1.54) is 17.8 Å². The van der Waals surface area contributed by atoms with Gasteiger partial charge in [-0.2, -0.15) is 0 Å². The van der Waals surface area contributed by atoms with E-state index in [4.69, 9.17) is 11.6 Å². The number of hydrogen-bond acceptors (Lipinski definition) is 2. The molecule has 0 N–H and O–H groups in total. The fourth-order valence-electron chi connectivity index (χ4n) is 1.11. The van der Waals surface area contributed by atoms with Gasteiger partial charge in [-0.25, -0.2) is 13.8 Å². The van der Waals surface area contributed by atoms with Crippen LogP contribution in [0.2, 0.25) is 5.15 Å². The Labute approximate surface area is 100 Å². The van der Waals surface area contributed by atoms with Crippen molar-refractivity contribution < 1.29 is 8.78 Å². The highest BCUT2D eigenvalue weighted by molar-refractivity contribution is 7.99. The van der Waals surface area contributed by atoms with Crippen LogP contribution in [0.1, 0.15) is 0 Å². The third-order valence-corrected chi connectivity index (χ3v) is 2.94. The Hall–Kier alpha value is -1.13. The average Bonchev–Trinajstić information content (AvgIpc) is 2.24. The van der Waals surface area contributed by atoms with Crippen LogP contribution in [0.4, 0.5) is 8.78 Å². The zero-order valence-corrected chi connectivity index (χ0v) is 9.53. The van der Waals surface area contributed by atoms with Crippen LogP contribution in [0.25, 0.3) is 0 Å². The summed E-state index contributed by atoms with van der Waals surface area (Å²) >= 11 is 6.93. The lowest BCUT2D eigenvalue weighted by Crippen LogP contribution is -1.84. The molecule has 2 aromatic rings. The van der Waals surface area contributed by atoms with Gasteiger partial charge in [-0.3, -0.25) is 0 Å². The average molecular weight is 258 g/mol. The maximum absolute atomic E-state index is 12.9. The number of halogens is 3. The number of nitrogens with zero attached hydrogens (tertiary/aromatic N) is 1. The predicted molar refractivity (Wildman–Crippen MR) is 59.7 cm³/mol. The van der Waals surface area contributed by atoms with E-state index in [9.17, 15) is 8.78 Å². The molecular formula is C11H6ClF2NS. The minimum Gasteiger partial charge on any atom is -0.229 e. The molecule has 0 bridgehead atoms. The zero-order valence-electron chi connectivity index (χ0n) is 7.95. The van der Waals surface area contributed by atoms with Crippen molar-refractivity contribution in [3.8, 4) is 0 Å². The lowest BCUT2D eigenvalue weighted by Gasteiger charge is -2.01. The van der Waals surface area contributed by atoms with E-state index in [-0.39, 0.29) is 0 Å². The van der Waals surface area contributed by atoms with Crippen LogP contribution in [-0.4, -0.2) is 4.98 Å². The van der Waals surface area contributed by atoms with Crippen molar-refractivity contribution in [3.63, 3.8) is 0 Å². The van der Waals surface area contributed by atoms with Crippen molar-refractivity contribution in [2.45, 2.75) is 9.92 Å². The van der Waals surface area contributed by atoms with Crippen molar-refractivity contribution in [2.75, 3.05) is 0 Å². The van der Waals surface area contributed by atoms with E-state index in [0.717, 1.165) is 12.1 Å². The van der Waals surface area contributed by atoms with Gasteiger partial charge in [0.2, 0.25) is 0 Å². The molecule has 0 radical (unpaired) electrons. The molecule has 0 fully saturated rings. The summed E-state index contributed by atoms with van der Waals surface area (Å²) in [5, 5.41) is 1.01. The Morgan fingerprint density at radius 1 is 1.06 bits per heavy atom. The first kappa shape index (κ1) is 11.4. The molecular weight excluding hydrogens is 252 g/mol. The van der Waals surface area contributed by atoms with E-state index in [2.05, 4.69) is 4.98 Å². The monoisotopic (exact) mass is 257 g/mol. The SMILES string of the molecule is Fc1ccc(Sc2cccc(Cl)n2)cc1F. The molecule has 0 unspecified atom stereocenters. The van der Waals surface area contributed by atoms with Gasteiger partial charge in [0.25, 0.3) is 0 Å². The lowest BCUT2D eigenvalue weighted by atomic mass is 10.3. The summed E-state index contributed by atoms with van der Waals surface area (Å²) in [5.74, 6) is -1.73. The normalized spacial score (nSPS) is 10.4. The van der Waals surface area contributed by atoms with Gasteiger partial charge in [-0.1, -0.05) is 29.4 Å². The van der Waals surface area contributed by atoms with E-state index < -0.39 is 11.6 Å². The molecule has 2 rings (SSSR count). The predicted octanol–water partition coefficient (Wildman–Crippen LogP) is 4.16. The summed E-state index contributed by atoms with van der Waals surface area (Å²) in [6, 6.07) is 8.85. The molecule has 1 aromatic carbocycles. The number of hydrogen-bond donors (Lipinski definition) is 0. The Morgan fingerprint density at radius 3 is 2.56 bits per heavy atom. The standard InChI is InChI=1S/C11H6ClF2NS/c12-10-2-1-3-11(15-10)16-7-4-5-8(13)9(14)6-7/h1-6H. The van der Waals surface area contributed by atoms with Gasteiger partial charge in [0.05, 0.1) is 0 Å². The van der Waals surface area contributed by atoms with E-state index in [1.807, 2.05) is 0 Å². The van der Waals surface area contributed by atoms with Crippen molar-refractivity contribution in [3.05, 3.63) is 53.2 Å². The number of aromatic nitrogens is 1. The van der Waals surface area contributed by atoms with E-state index >= 15 is 0 Å². The molecule has 16 heavy (non-hydrogen) atoms. The van der Waals surface area contributed by atoms with Crippen LogP contribution in [0, 0.1) is 11.6 Å². The first-order valence-electron chi connectivity index (χ1n) is 4.40. The van der Waals surface area contributed by atoms with Gasteiger partial charge in [0.1, 0.15) is 10.2 Å². The summed E-state index contributed by atoms with van der Waals surface area (Å²) in [6.07, 6.45) is 0. The summed E-state index contributed by atoms with van der Waals surface area (Å²) in [6.45, 7) is 0. The first-order chi connectivity index (χ1) is 7.65. The van der Waals surface area contributed by atoms with Crippen LogP contribution >= 0.6 is 23.4 Å². The third-order valence-electron chi connectivity index (χ3n) is 1.80. The molecule has 0 atom stereocenters. The van der Waals surface area contributed by atoms with Crippen LogP contribution in [-0.2, 0) is 0 Å². The molecule has 0 saturated heterocycles. The van der Waals surface area contributed by atoms with Gasteiger partial charge < -0.3 is 0 Å². The molecule has 0 aliphatic carbocycles. The van der Waals surface area contributed by atoms with Crippen molar-refractivity contribution in [1.29, 1.82) is 0 Å². The minimum absolute atomic E-state index is 0.368. The van der Waals surface area contributed by atoms with Gasteiger partial charge >= 0.3 is 0 Å². The summed E-state index contributed by atoms with van der Waals surface area (Å²) in [4.78, 5) is 4.61. The maximum Gasteiger partial charge on any atom is 0.159 e. The third kappa shape index (κ3) is 2.71.